The van der Waals surface area contributed by atoms with Gasteiger partial charge in [-0.15, -0.1) is 0 Å². The Hall–Kier alpha value is -2.40. The Bertz CT molecular complexity index is 761. The van der Waals surface area contributed by atoms with Gasteiger partial charge in [0.2, 0.25) is 5.91 Å². The number of aryl methyl sites for hydroxylation is 2. The molecule has 0 aliphatic heterocycles. The molecule has 0 bridgehead atoms. The highest BCUT2D eigenvalue weighted by atomic mass is 35.5. The van der Waals surface area contributed by atoms with Crippen molar-refractivity contribution >= 4 is 23.2 Å². The SMILES string of the molecule is COc1cc(Cl)c(NC(=O)CCOc2cc(C)ccc2C)cc1OC. The summed E-state index contributed by atoms with van der Waals surface area (Å²) in [6.45, 7) is 4.25. The van der Waals surface area contributed by atoms with Gasteiger partial charge in [-0.1, -0.05) is 23.7 Å². The third-order valence-electron chi connectivity index (χ3n) is 3.68. The van der Waals surface area contributed by atoms with Gasteiger partial charge in [-0.05, 0) is 31.0 Å². The molecule has 0 heterocycles. The Labute approximate surface area is 152 Å². The highest BCUT2D eigenvalue weighted by Crippen LogP contribution is 2.36. The van der Waals surface area contributed by atoms with E-state index in [-0.39, 0.29) is 18.9 Å². The van der Waals surface area contributed by atoms with Crippen LogP contribution in [0.3, 0.4) is 0 Å². The molecule has 0 spiro atoms. The van der Waals surface area contributed by atoms with Crippen molar-refractivity contribution in [2.24, 2.45) is 0 Å². The van der Waals surface area contributed by atoms with Crippen LogP contribution in [-0.4, -0.2) is 26.7 Å². The molecule has 2 aromatic rings. The lowest BCUT2D eigenvalue weighted by atomic mass is 10.1. The molecule has 0 saturated heterocycles. The monoisotopic (exact) mass is 363 g/mol. The molecule has 0 aliphatic carbocycles. The Balaban J connectivity index is 1.95. The first-order valence-electron chi connectivity index (χ1n) is 7.86. The number of amides is 1. The third kappa shape index (κ3) is 5.03. The molecule has 0 saturated carbocycles. The molecular formula is C19H22ClNO4. The average molecular weight is 364 g/mol. The number of carbonyl (C=O) groups is 1. The van der Waals surface area contributed by atoms with E-state index in [4.69, 9.17) is 25.8 Å². The molecule has 0 atom stereocenters. The zero-order chi connectivity index (χ0) is 18.4. The summed E-state index contributed by atoms with van der Waals surface area (Å²) < 4.78 is 16.1. The Morgan fingerprint density at radius 3 is 2.40 bits per heavy atom. The van der Waals surface area contributed by atoms with Crippen LogP contribution in [-0.2, 0) is 4.79 Å². The van der Waals surface area contributed by atoms with Gasteiger partial charge in [-0.3, -0.25) is 4.79 Å². The second kappa shape index (κ2) is 8.62. The molecule has 0 unspecified atom stereocenters. The van der Waals surface area contributed by atoms with E-state index in [1.807, 2.05) is 32.0 Å². The van der Waals surface area contributed by atoms with E-state index in [1.54, 1.807) is 12.1 Å². The molecule has 2 rings (SSSR count). The number of carbonyl (C=O) groups excluding carboxylic acids is 1. The molecule has 5 nitrogen and oxygen atoms in total. The van der Waals surface area contributed by atoms with Crippen LogP contribution in [0.25, 0.3) is 0 Å². The van der Waals surface area contributed by atoms with Crippen molar-refractivity contribution in [3.63, 3.8) is 0 Å². The number of hydrogen-bond acceptors (Lipinski definition) is 4. The number of rotatable bonds is 7. The Kier molecular flexibility index (Phi) is 6.53. The number of halogens is 1. The molecular weight excluding hydrogens is 342 g/mol. The lowest BCUT2D eigenvalue weighted by molar-refractivity contribution is -0.116. The van der Waals surface area contributed by atoms with Crippen molar-refractivity contribution in [1.29, 1.82) is 0 Å². The van der Waals surface area contributed by atoms with Crippen LogP contribution in [0.4, 0.5) is 5.69 Å². The predicted molar refractivity (Wildman–Crippen MR) is 99.2 cm³/mol. The van der Waals surface area contributed by atoms with Crippen molar-refractivity contribution in [2.75, 3.05) is 26.1 Å². The number of methoxy groups -OCH3 is 2. The van der Waals surface area contributed by atoms with Crippen LogP contribution in [0.15, 0.2) is 30.3 Å². The molecule has 0 radical (unpaired) electrons. The van der Waals surface area contributed by atoms with Crippen molar-refractivity contribution in [3.8, 4) is 17.2 Å². The van der Waals surface area contributed by atoms with Crippen LogP contribution in [0.5, 0.6) is 17.2 Å². The first-order valence-corrected chi connectivity index (χ1v) is 8.23. The zero-order valence-electron chi connectivity index (χ0n) is 14.8. The topological polar surface area (TPSA) is 56.8 Å². The first kappa shape index (κ1) is 18.9. The van der Waals surface area contributed by atoms with E-state index in [0.717, 1.165) is 16.9 Å². The van der Waals surface area contributed by atoms with Gasteiger partial charge in [0.1, 0.15) is 5.75 Å². The fourth-order valence-electron chi connectivity index (χ4n) is 2.28. The van der Waals surface area contributed by atoms with E-state index in [2.05, 4.69) is 5.32 Å². The van der Waals surface area contributed by atoms with Crippen LogP contribution in [0.1, 0.15) is 17.5 Å². The number of benzene rings is 2. The van der Waals surface area contributed by atoms with Crippen molar-refractivity contribution < 1.29 is 19.0 Å². The first-order chi connectivity index (χ1) is 11.9. The third-order valence-corrected chi connectivity index (χ3v) is 3.99. The van der Waals surface area contributed by atoms with Crippen molar-refractivity contribution in [2.45, 2.75) is 20.3 Å². The molecule has 1 N–H and O–H groups in total. The maximum absolute atomic E-state index is 12.1. The second-order valence-electron chi connectivity index (χ2n) is 5.60. The van der Waals surface area contributed by atoms with E-state index in [0.29, 0.717) is 22.2 Å². The number of ether oxygens (including phenoxy) is 3. The fraction of sp³-hybridized carbons (Fsp3) is 0.316. The molecule has 0 aromatic heterocycles. The van der Waals surface area contributed by atoms with E-state index >= 15 is 0 Å². The summed E-state index contributed by atoms with van der Waals surface area (Å²) >= 11 is 6.17. The van der Waals surface area contributed by atoms with Gasteiger partial charge < -0.3 is 19.5 Å². The van der Waals surface area contributed by atoms with E-state index < -0.39 is 0 Å². The number of anilines is 1. The largest absolute Gasteiger partial charge is 0.493 e. The molecule has 134 valence electrons. The Morgan fingerprint density at radius 1 is 1.04 bits per heavy atom. The van der Waals surface area contributed by atoms with E-state index in [9.17, 15) is 4.79 Å². The van der Waals surface area contributed by atoms with Gasteiger partial charge in [0.15, 0.2) is 11.5 Å². The van der Waals surface area contributed by atoms with Gasteiger partial charge in [0.05, 0.1) is 38.0 Å². The van der Waals surface area contributed by atoms with Gasteiger partial charge >= 0.3 is 0 Å². The normalized spacial score (nSPS) is 10.3. The van der Waals surface area contributed by atoms with Crippen molar-refractivity contribution in [1.82, 2.24) is 0 Å². The standard InChI is InChI=1S/C19H22ClNO4/c1-12-5-6-13(2)16(9-12)25-8-7-19(22)21-15-11-18(24-4)17(23-3)10-14(15)20/h5-6,9-11H,7-8H2,1-4H3,(H,21,22). The lowest BCUT2D eigenvalue weighted by Crippen LogP contribution is -2.15. The average Bonchev–Trinajstić information content (AvgIpc) is 2.59. The molecule has 2 aromatic carbocycles. The van der Waals surface area contributed by atoms with Gasteiger partial charge in [0.25, 0.3) is 0 Å². The summed E-state index contributed by atoms with van der Waals surface area (Å²) in [6, 6.07) is 9.20. The molecule has 6 heteroatoms. The summed E-state index contributed by atoms with van der Waals surface area (Å²) in [6.07, 6.45) is 0.206. The summed E-state index contributed by atoms with van der Waals surface area (Å²) in [7, 11) is 3.05. The fourth-order valence-corrected chi connectivity index (χ4v) is 2.48. The van der Waals surface area contributed by atoms with E-state index in [1.165, 1.54) is 14.2 Å². The second-order valence-corrected chi connectivity index (χ2v) is 6.01. The minimum absolute atomic E-state index is 0.195. The summed E-state index contributed by atoms with van der Waals surface area (Å²) in [5, 5.41) is 3.14. The maximum atomic E-state index is 12.1. The van der Waals surface area contributed by atoms with Gasteiger partial charge in [0, 0.05) is 12.1 Å². The predicted octanol–water partition coefficient (Wildman–Crippen LogP) is 4.38. The highest BCUT2D eigenvalue weighted by Gasteiger charge is 2.12. The van der Waals surface area contributed by atoms with Gasteiger partial charge in [-0.25, -0.2) is 0 Å². The maximum Gasteiger partial charge on any atom is 0.227 e. The minimum Gasteiger partial charge on any atom is -0.493 e. The molecule has 0 aliphatic rings. The lowest BCUT2D eigenvalue weighted by Gasteiger charge is -2.13. The van der Waals surface area contributed by atoms with Crippen LogP contribution >= 0.6 is 11.6 Å². The minimum atomic E-state index is -0.195. The van der Waals surface area contributed by atoms with Crippen LogP contribution < -0.4 is 19.5 Å². The quantitative estimate of drug-likeness (QED) is 0.793. The van der Waals surface area contributed by atoms with Gasteiger partial charge in [-0.2, -0.15) is 0 Å². The number of nitrogens with one attached hydrogen (secondary N) is 1. The molecule has 1 amide bonds. The summed E-state index contributed by atoms with van der Waals surface area (Å²) in [5.41, 5.74) is 2.62. The highest BCUT2D eigenvalue weighted by molar-refractivity contribution is 6.34. The molecule has 25 heavy (non-hydrogen) atoms. The zero-order valence-corrected chi connectivity index (χ0v) is 15.6. The molecule has 0 fully saturated rings. The summed E-state index contributed by atoms with van der Waals surface area (Å²) in [5.74, 6) is 1.59. The van der Waals surface area contributed by atoms with Crippen molar-refractivity contribution in [3.05, 3.63) is 46.5 Å². The number of hydrogen-bond donors (Lipinski definition) is 1. The summed E-state index contributed by atoms with van der Waals surface area (Å²) in [4.78, 5) is 12.1. The smallest absolute Gasteiger partial charge is 0.227 e. The van der Waals surface area contributed by atoms with Crippen LogP contribution in [0, 0.1) is 13.8 Å². The van der Waals surface area contributed by atoms with Crippen LogP contribution in [0.2, 0.25) is 5.02 Å². The Morgan fingerprint density at radius 2 is 1.72 bits per heavy atom.